The molecule has 0 spiro atoms. The van der Waals surface area contributed by atoms with Gasteiger partial charge in [0.25, 0.3) is 5.91 Å². The van der Waals surface area contributed by atoms with Gasteiger partial charge in [-0.25, -0.2) is 0 Å². The number of aromatic nitrogens is 1. The maximum absolute atomic E-state index is 12.4. The Kier molecular flexibility index (Phi) is 6.65. The SMILES string of the molecule is Cc1cc(OCCCN2CCC(NC(=O)c3ccc(Br)cc3)C2)c2ccccc2n1. The summed E-state index contributed by atoms with van der Waals surface area (Å²) < 4.78 is 7.05. The van der Waals surface area contributed by atoms with Gasteiger partial charge in [-0.1, -0.05) is 28.1 Å². The first-order chi connectivity index (χ1) is 14.6. The minimum absolute atomic E-state index is 0.00221. The summed E-state index contributed by atoms with van der Waals surface area (Å²) in [5, 5.41) is 4.21. The minimum atomic E-state index is -0.00221. The Balaban J connectivity index is 1.22. The Morgan fingerprint density at radius 3 is 2.87 bits per heavy atom. The Bertz CT molecular complexity index is 1020. The third kappa shape index (κ3) is 5.18. The molecule has 30 heavy (non-hydrogen) atoms. The average Bonchev–Trinajstić information content (AvgIpc) is 3.18. The molecule has 5 nitrogen and oxygen atoms in total. The summed E-state index contributed by atoms with van der Waals surface area (Å²) >= 11 is 3.40. The third-order valence-corrected chi connectivity index (χ3v) is 5.93. The molecule has 2 heterocycles. The zero-order valence-electron chi connectivity index (χ0n) is 17.1. The number of carbonyl (C=O) groups excluding carboxylic acids is 1. The molecule has 6 heteroatoms. The molecule has 1 N–H and O–H groups in total. The van der Waals surface area contributed by atoms with Gasteiger partial charge < -0.3 is 15.0 Å². The number of para-hydroxylation sites is 1. The van der Waals surface area contributed by atoms with Crippen LogP contribution in [0.3, 0.4) is 0 Å². The summed E-state index contributed by atoms with van der Waals surface area (Å²) in [6, 6.07) is 17.8. The van der Waals surface area contributed by atoms with Gasteiger partial charge in [0.1, 0.15) is 5.75 Å². The number of carbonyl (C=O) groups is 1. The number of hydrogen-bond donors (Lipinski definition) is 1. The van der Waals surface area contributed by atoms with E-state index in [2.05, 4.69) is 37.2 Å². The predicted molar refractivity (Wildman–Crippen MR) is 123 cm³/mol. The normalized spacial score (nSPS) is 16.7. The van der Waals surface area contributed by atoms with Crippen LogP contribution in [0.2, 0.25) is 0 Å². The maximum atomic E-state index is 12.4. The lowest BCUT2D eigenvalue weighted by Crippen LogP contribution is -2.37. The first-order valence-corrected chi connectivity index (χ1v) is 11.2. The lowest BCUT2D eigenvalue weighted by Gasteiger charge is -2.17. The Morgan fingerprint density at radius 2 is 2.03 bits per heavy atom. The summed E-state index contributed by atoms with van der Waals surface area (Å²) in [7, 11) is 0. The molecule has 1 aliphatic heterocycles. The van der Waals surface area contributed by atoms with Crippen LogP contribution >= 0.6 is 15.9 Å². The van der Waals surface area contributed by atoms with Crippen molar-refractivity contribution < 1.29 is 9.53 Å². The number of nitrogens with zero attached hydrogens (tertiary/aromatic N) is 2. The number of amides is 1. The molecule has 1 aromatic heterocycles. The van der Waals surface area contributed by atoms with Crippen LogP contribution in [0, 0.1) is 6.92 Å². The van der Waals surface area contributed by atoms with E-state index in [1.807, 2.05) is 55.5 Å². The predicted octanol–water partition coefficient (Wildman–Crippen LogP) is 4.58. The highest BCUT2D eigenvalue weighted by Gasteiger charge is 2.23. The standard InChI is InChI=1S/C24H26BrN3O2/c1-17-15-23(21-5-2-3-6-22(21)26-17)30-14-4-12-28-13-11-20(16-28)27-24(29)18-7-9-19(25)10-8-18/h2-3,5-10,15,20H,4,11-14,16H2,1H3,(H,27,29). The lowest BCUT2D eigenvalue weighted by molar-refractivity contribution is 0.0937. The van der Waals surface area contributed by atoms with E-state index in [0.717, 1.165) is 59.3 Å². The number of hydrogen-bond acceptors (Lipinski definition) is 4. The van der Waals surface area contributed by atoms with E-state index < -0.39 is 0 Å². The quantitative estimate of drug-likeness (QED) is 0.516. The van der Waals surface area contributed by atoms with Gasteiger partial charge in [-0.3, -0.25) is 9.78 Å². The fourth-order valence-corrected chi connectivity index (χ4v) is 4.15. The second kappa shape index (κ2) is 9.58. The number of nitrogens with one attached hydrogen (secondary N) is 1. The van der Waals surface area contributed by atoms with Crippen molar-refractivity contribution in [2.45, 2.75) is 25.8 Å². The monoisotopic (exact) mass is 467 g/mol. The molecule has 4 rings (SSSR count). The summed E-state index contributed by atoms with van der Waals surface area (Å²) in [5.74, 6) is 0.900. The van der Waals surface area contributed by atoms with E-state index in [-0.39, 0.29) is 11.9 Å². The van der Waals surface area contributed by atoms with Gasteiger partial charge in [-0.2, -0.15) is 0 Å². The lowest BCUT2D eigenvalue weighted by atomic mass is 10.2. The molecule has 3 aromatic rings. The number of aryl methyl sites for hydroxylation is 1. The molecular formula is C24H26BrN3O2. The number of fused-ring (bicyclic) bond motifs is 1. The molecular weight excluding hydrogens is 442 g/mol. The summed E-state index contributed by atoms with van der Waals surface area (Å²) in [6.07, 6.45) is 1.93. The van der Waals surface area contributed by atoms with Crippen molar-refractivity contribution >= 4 is 32.7 Å². The van der Waals surface area contributed by atoms with Gasteiger partial charge in [-0.05, 0) is 56.2 Å². The smallest absolute Gasteiger partial charge is 0.251 e. The van der Waals surface area contributed by atoms with Crippen LogP contribution in [-0.2, 0) is 0 Å². The molecule has 1 saturated heterocycles. The van der Waals surface area contributed by atoms with Crippen molar-refractivity contribution in [3.63, 3.8) is 0 Å². The Labute approximate surface area is 185 Å². The summed E-state index contributed by atoms with van der Waals surface area (Å²) in [6.45, 7) is 5.51. The minimum Gasteiger partial charge on any atom is -0.493 e. The number of benzene rings is 2. The average molecular weight is 468 g/mol. The largest absolute Gasteiger partial charge is 0.493 e. The first-order valence-electron chi connectivity index (χ1n) is 10.4. The van der Waals surface area contributed by atoms with Gasteiger partial charge >= 0.3 is 0 Å². The van der Waals surface area contributed by atoms with Crippen LogP contribution in [0.5, 0.6) is 5.75 Å². The van der Waals surface area contributed by atoms with Gasteiger partial charge in [0.2, 0.25) is 0 Å². The molecule has 1 amide bonds. The molecule has 156 valence electrons. The molecule has 1 aliphatic rings. The van der Waals surface area contributed by atoms with Gasteiger partial charge in [0, 0.05) is 52.9 Å². The molecule has 1 unspecified atom stereocenters. The highest BCUT2D eigenvalue weighted by Crippen LogP contribution is 2.25. The van der Waals surface area contributed by atoms with E-state index in [1.54, 1.807) is 0 Å². The zero-order chi connectivity index (χ0) is 20.9. The van der Waals surface area contributed by atoms with Crippen LogP contribution in [0.15, 0.2) is 59.1 Å². The highest BCUT2D eigenvalue weighted by atomic mass is 79.9. The number of rotatable bonds is 7. The molecule has 1 fully saturated rings. The van der Waals surface area contributed by atoms with Crippen LogP contribution in [0.25, 0.3) is 10.9 Å². The number of pyridine rings is 1. The fraction of sp³-hybridized carbons (Fsp3) is 0.333. The van der Waals surface area contributed by atoms with Crippen LogP contribution < -0.4 is 10.1 Å². The molecule has 1 atom stereocenters. The number of halogens is 1. The Morgan fingerprint density at radius 1 is 1.23 bits per heavy atom. The van der Waals surface area contributed by atoms with E-state index >= 15 is 0 Å². The molecule has 0 saturated carbocycles. The highest BCUT2D eigenvalue weighted by molar-refractivity contribution is 9.10. The number of likely N-dealkylation sites (tertiary alicyclic amines) is 1. The van der Waals surface area contributed by atoms with Crippen LogP contribution in [0.4, 0.5) is 0 Å². The van der Waals surface area contributed by atoms with Crippen molar-refractivity contribution in [3.05, 3.63) is 70.3 Å². The molecule has 0 radical (unpaired) electrons. The van der Waals surface area contributed by atoms with E-state index in [1.165, 1.54) is 0 Å². The van der Waals surface area contributed by atoms with E-state index in [0.29, 0.717) is 12.2 Å². The van der Waals surface area contributed by atoms with Gasteiger partial charge in [0.05, 0.1) is 12.1 Å². The first kappa shape index (κ1) is 20.8. The summed E-state index contributed by atoms with van der Waals surface area (Å²) in [4.78, 5) is 19.4. The molecule has 2 aromatic carbocycles. The zero-order valence-corrected chi connectivity index (χ0v) is 18.7. The van der Waals surface area contributed by atoms with Gasteiger partial charge in [0.15, 0.2) is 0 Å². The third-order valence-electron chi connectivity index (χ3n) is 5.40. The second-order valence-electron chi connectivity index (χ2n) is 7.75. The van der Waals surface area contributed by atoms with Crippen molar-refractivity contribution in [2.75, 3.05) is 26.2 Å². The van der Waals surface area contributed by atoms with Crippen LogP contribution in [0.1, 0.15) is 28.9 Å². The van der Waals surface area contributed by atoms with E-state index in [9.17, 15) is 4.79 Å². The fourth-order valence-electron chi connectivity index (χ4n) is 3.88. The van der Waals surface area contributed by atoms with Crippen molar-refractivity contribution in [3.8, 4) is 5.75 Å². The molecule has 0 aliphatic carbocycles. The topological polar surface area (TPSA) is 54.5 Å². The van der Waals surface area contributed by atoms with Crippen LogP contribution in [-0.4, -0.2) is 48.1 Å². The van der Waals surface area contributed by atoms with Crippen molar-refractivity contribution in [1.82, 2.24) is 15.2 Å². The Hall–Kier alpha value is -2.44. The van der Waals surface area contributed by atoms with Crippen molar-refractivity contribution in [2.24, 2.45) is 0 Å². The number of ether oxygens (including phenoxy) is 1. The van der Waals surface area contributed by atoms with Gasteiger partial charge in [-0.15, -0.1) is 0 Å². The molecule has 0 bridgehead atoms. The van der Waals surface area contributed by atoms with E-state index in [4.69, 9.17) is 4.74 Å². The summed E-state index contributed by atoms with van der Waals surface area (Å²) in [5.41, 5.74) is 2.63. The maximum Gasteiger partial charge on any atom is 0.251 e. The van der Waals surface area contributed by atoms with Crippen molar-refractivity contribution in [1.29, 1.82) is 0 Å². The second-order valence-corrected chi connectivity index (χ2v) is 8.66.